The smallest absolute Gasteiger partial charge is 0.449 e. The van der Waals surface area contributed by atoms with E-state index in [9.17, 15) is 13.2 Å². The number of aromatic nitrogens is 4. The molecule has 1 saturated heterocycles. The number of likely N-dealkylation sites (tertiary alicyclic amines) is 1. The lowest BCUT2D eigenvalue weighted by atomic mass is 10.1. The van der Waals surface area contributed by atoms with Gasteiger partial charge in [0.1, 0.15) is 23.2 Å². The van der Waals surface area contributed by atoms with Crippen molar-refractivity contribution in [3.63, 3.8) is 0 Å². The standard InChI is InChI=1S/C24H25F3N6O/c25-24(26,27)23-31-20-2-1-10-30-22(20)33(23)17-3-5-18(6-4-17)34-19-8-12-32(13-9-19)15-16-7-11-29-21(28)14-16/h1-3,5-7,10-11,14,17,19H,4,8-9,12-13,15H2,(H2,28,29). The molecule has 34 heavy (non-hydrogen) atoms. The monoisotopic (exact) mass is 470 g/mol. The Kier molecular flexibility index (Phi) is 5.99. The summed E-state index contributed by atoms with van der Waals surface area (Å²) in [7, 11) is 0. The summed E-state index contributed by atoms with van der Waals surface area (Å²) in [6.45, 7) is 2.61. The summed E-state index contributed by atoms with van der Waals surface area (Å²) in [5, 5.41) is 0. The summed E-state index contributed by atoms with van der Waals surface area (Å²) in [6, 6.07) is 6.45. The Bertz CT molecular complexity index is 1230. The van der Waals surface area contributed by atoms with E-state index in [0.29, 0.717) is 18.0 Å². The van der Waals surface area contributed by atoms with Gasteiger partial charge in [0.25, 0.3) is 0 Å². The number of nitrogens with two attached hydrogens (primary N) is 1. The summed E-state index contributed by atoms with van der Waals surface area (Å²) < 4.78 is 48.2. The number of halogens is 3. The van der Waals surface area contributed by atoms with Gasteiger partial charge in [0.2, 0.25) is 5.82 Å². The number of hydrogen-bond acceptors (Lipinski definition) is 6. The molecule has 3 aromatic heterocycles. The maximum atomic E-state index is 13.6. The van der Waals surface area contributed by atoms with Gasteiger partial charge in [0.15, 0.2) is 5.65 Å². The van der Waals surface area contributed by atoms with Gasteiger partial charge in [-0.15, -0.1) is 0 Å². The SMILES string of the molecule is Nc1cc(CN2CCC(OC3=CCC(n4c(C(F)(F)F)nc5cccnc54)C=C3)CC2)ccn1. The van der Waals surface area contributed by atoms with Crippen LogP contribution in [0.4, 0.5) is 19.0 Å². The molecule has 1 aliphatic heterocycles. The van der Waals surface area contributed by atoms with Crippen molar-refractivity contribution in [3.05, 3.63) is 72.0 Å². The third-order valence-electron chi connectivity index (χ3n) is 6.17. The van der Waals surface area contributed by atoms with Crippen LogP contribution in [0.2, 0.25) is 0 Å². The van der Waals surface area contributed by atoms with Crippen LogP contribution in [0.15, 0.2) is 60.6 Å². The number of hydrogen-bond donors (Lipinski definition) is 1. The van der Waals surface area contributed by atoms with Crippen LogP contribution in [0, 0.1) is 0 Å². The predicted octanol–water partition coefficient (Wildman–Crippen LogP) is 4.49. The number of ether oxygens (including phenoxy) is 1. The lowest BCUT2D eigenvalue weighted by molar-refractivity contribution is -0.147. The van der Waals surface area contributed by atoms with Gasteiger partial charge in [-0.25, -0.2) is 15.0 Å². The average molecular weight is 470 g/mol. The molecule has 10 heteroatoms. The molecule has 1 aliphatic carbocycles. The molecule has 2 N–H and O–H groups in total. The Labute approximate surface area is 194 Å². The Morgan fingerprint density at radius 3 is 2.65 bits per heavy atom. The number of fused-ring (bicyclic) bond motifs is 1. The summed E-state index contributed by atoms with van der Waals surface area (Å²) in [6.07, 6.45) is 6.19. The Morgan fingerprint density at radius 2 is 1.94 bits per heavy atom. The van der Waals surface area contributed by atoms with Crippen molar-refractivity contribution >= 4 is 17.0 Å². The molecule has 0 radical (unpaired) electrons. The quantitative estimate of drug-likeness (QED) is 0.592. The van der Waals surface area contributed by atoms with Crippen molar-refractivity contribution in [1.29, 1.82) is 0 Å². The van der Waals surface area contributed by atoms with Crippen molar-refractivity contribution in [2.24, 2.45) is 0 Å². The molecule has 2 aliphatic rings. The molecule has 4 heterocycles. The van der Waals surface area contributed by atoms with Crippen LogP contribution in [0.25, 0.3) is 11.2 Å². The van der Waals surface area contributed by atoms with Crippen molar-refractivity contribution in [2.75, 3.05) is 18.8 Å². The minimum atomic E-state index is -4.56. The zero-order chi connectivity index (χ0) is 23.7. The maximum Gasteiger partial charge on any atom is 0.449 e. The second-order valence-electron chi connectivity index (χ2n) is 8.60. The molecular formula is C24H25F3N6O. The molecule has 1 fully saturated rings. The second kappa shape index (κ2) is 9.09. The predicted molar refractivity (Wildman–Crippen MR) is 121 cm³/mol. The first-order chi connectivity index (χ1) is 16.4. The van der Waals surface area contributed by atoms with E-state index in [1.54, 1.807) is 30.5 Å². The summed E-state index contributed by atoms with van der Waals surface area (Å²) in [5.74, 6) is 0.284. The van der Waals surface area contributed by atoms with Crippen molar-refractivity contribution < 1.29 is 17.9 Å². The number of pyridine rings is 2. The topological polar surface area (TPSA) is 82.1 Å². The zero-order valence-corrected chi connectivity index (χ0v) is 18.4. The highest BCUT2D eigenvalue weighted by Gasteiger charge is 2.39. The number of imidazole rings is 1. The first kappa shape index (κ1) is 22.4. The second-order valence-corrected chi connectivity index (χ2v) is 8.60. The van der Waals surface area contributed by atoms with Crippen molar-refractivity contribution in [1.82, 2.24) is 24.4 Å². The fourth-order valence-corrected chi connectivity index (χ4v) is 4.54. The number of piperidine rings is 1. The first-order valence-corrected chi connectivity index (χ1v) is 11.2. The van der Waals surface area contributed by atoms with Gasteiger partial charge in [-0.2, -0.15) is 13.2 Å². The van der Waals surface area contributed by atoms with Gasteiger partial charge in [0, 0.05) is 32.0 Å². The molecule has 3 aromatic rings. The Balaban J connectivity index is 1.20. The molecule has 0 aromatic carbocycles. The molecule has 0 saturated carbocycles. The van der Waals surface area contributed by atoms with Crippen LogP contribution in [-0.4, -0.2) is 43.6 Å². The van der Waals surface area contributed by atoms with Crippen LogP contribution < -0.4 is 5.73 Å². The molecule has 178 valence electrons. The molecule has 1 atom stereocenters. The molecule has 1 unspecified atom stereocenters. The van der Waals surface area contributed by atoms with E-state index in [1.807, 2.05) is 18.2 Å². The van der Waals surface area contributed by atoms with Crippen LogP contribution in [0.5, 0.6) is 0 Å². The van der Waals surface area contributed by atoms with E-state index >= 15 is 0 Å². The summed E-state index contributed by atoms with van der Waals surface area (Å²) in [4.78, 5) is 14.3. The van der Waals surface area contributed by atoms with E-state index in [4.69, 9.17) is 10.5 Å². The van der Waals surface area contributed by atoms with E-state index in [0.717, 1.165) is 38.0 Å². The highest BCUT2D eigenvalue weighted by molar-refractivity contribution is 5.71. The molecule has 5 rings (SSSR count). The third kappa shape index (κ3) is 4.77. The number of nitrogen functional groups attached to an aromatic ring is 1. The van der Waals surface area contributed by atoms with Gasteiger partial charge >= 0.3 is 6.18 Å². The minimum Gasteiger partial charge on any atom is -0.491 e. The normalized spacial score (nSPS) is 20.0. The van der Waals surface area contributed by atoms with Crippen LogP contribution in [-0.2, 0) is 17.5 Å². The first-order valence-electron chi connectivity index (χ1n) is 11.2. The zero-order valence-electron chi connectivity index (χ0n) is 18.4. The lowest BCUT2D eigenvalue weighted by Gasteiger charge is -2.33. The number of alkyl halides is 3. The van der Waals surface area contributed by atoms with Gasteiger partial charge in [-0.3, -0.25) is 9.47 Å². The van der Waals surface area contributed by atoms with E-state index in [1.165, 1.54) is 10.8 Å². The lowest BCUT2D eigenvalue weighted by Crippen LogP contribution is -2.36. The number of rotatable bonds is 5. The fourth-order valence-electron chi connectivity index (χ4n) is 4.54. The maximum absolute atomic E-state index is 13.6. The Hall–Kier alpha value is -3.40. The van der Waals surface area contributed by atoms with E-state index in [2.05, 4.69) is 19.9 Å². The molecule has 7 nitrogen and oxygen atoms in total. The fraction of sp³-hybridized carbons (Fsp3) is 0.375. The molecular weight excluding hydrogens is 445 g/mol. The van der Waals surface area contributed by atoms with Gasteiger partial charge in [-0.1, -0.05) is 6.08 Å². The highest BCUT2D eigenvalue weighted by Crippen LogP contribution is 2.36. The number of nitrogens with zero attached hydrogens (tertiary/aromatic N) is 5. The summed E-state index contributed by atoms with van der Waals surface area (Å²) >= 11 is 0. The average Bonchev–Trinajstić information content (AvgIpc) is 3.21. The molecule has 0 bridgehead atoms. The van der Waals surface area contributed by atoms with Crippen LogP contribution in [0.3, 0.4) is 0 Å². The third-order valence-corrected chi connectivity index (χ3v) is 6.17. The van der Waals surface area contributed by atoms with Crippen LogP contribution >= 0.6 is 0 Å². The highest BCUT2D eigenvalue weighted by atomic mass is 19.4. The Morgan fingerprint density at radius 1 is 1.12 bits per heavy atom. The van der Waals surface area contributed by atoms with Crippen LogP contribution in [0.1, 0.15) is 36.7 Å². The number of allylic oxidation sites excluding steroid dienone is 3. The van der Waals surface area contributed by atoms with Gasteiger partial charge in [0.05, 0.1) is 6.04 Å². The number of anilines is 1. The van der Waals surface area contributed by atoms with Crippen molar-refractivity contribution in [3.8, 4) is 0 Å². The largest absolute Gasteiger partial charge is 0.491 e. The molecule has 0 spiro atoms. The minimum absolute atomic E-state index is 0.0766. The van der Waals surface area contributed by atoms with Gasteiger partial charge in [-0.05, 0) is 61.2 Å². The van der Waals surface area contributed by atoms with Crippen molar-refractivity contribution in [2.45, 2.75) is 44.1 Å². The van der Waals surface area contributed by atoms with E-state index < -0.39 is 18.0 Å². The summed E-state index contributed by atoms with van der Waals surface area (Å²) in [5.41, 5.74) is 7.35. The van der Waals surface area contributed by atoms with E-state index in [-0.39, 0.29) is 17.3 Å². The molecule has 0 amide bonds. The van der Waals surface area contributed by atoms with Gasteiger partial charge < -0.3 is 10.5 Å².